The van der Waals surface area contributed by atoms with Crippen molar-refractivity contribution in [3.63, 3.8) is 0 Å². The quantitative estimate of drug-likeness (QED) is 0.462. The van der Waals surface area contributed by atoms with Crippen molar-refractivity contribution >= 4 is 49.9 Å². The van der Waals surface area contributed by atoms with Gasteiger partial charge in [-0.2, -0.15) is 0 Å². The van der Waals surface area contributed by atoms with Crippen LogP contribution in [0.25, 0.3) is 10.8 Å². The minimum Gasteiger partial charge on any atom is -0.350 e. The molecule has 0 aliphatic heterocycles. The smallest absolute Gasteiger partial charge is 0.244 e. The van der Waals surface area contributed by atoms with E-state index in [9.17, 15) is 18.0 Å². The van der Waals surface area contributed by atoms with Crippen LogP contribution in [0.15, 0.2) is 66.7 Å². The molecule has 0 aromatic heterocycles. The number of hydrogen-bond acceptors (Lipinski definition) is 4. The molecule has 0 spiro atoms. The van der Waals surface area contributed by atoms with Gasteiger partial charge in [0.25, 0.3) is 0 Å². The van der Waals surface area contributed by atoms with E-state index in [1.165, 1.54) is 4.90 Å². The van der Waals surface area contributed by atoms with Gasteiger partial charge < -0.3 is 10.2 Å². The standard InChI is InChI=1S/C27H32ClN3O4S/c1-19(26(33)29-27(2,3)4)30(17-21-12-7-9-15-23(21)28)25(32)18-31(36(5,34)35)24-16-10-13-20-11-6-8-14-22(20)24/h6-16,19H,17-18H2,1-5H3,(H,29,33)/t19-/m0/s1. The average Bonchev–Trinajstić information content (AvgIpc) is 2.79. The lowest BCUT2D eigenvalue weighted by Crippen LogP contribution is -2.54. The Balaban J connectivity index is 2.01. The van der Waals surface area contributed by atoms with Gasteiger partial charge >= 0.3 is 0 Å². The molecule has 9 heteroatoms. The van der Waals surface area contributed by atoms with Crippen molar-refractivity contribution in [2.24, 2.45) is 0 Å². The topological polar surface area (TPSA) is 86.8 Å². The maximum atomic E-state index is 13.7. The Morgan fingerprint density at radius 3 is 2.22 bits per heavy atom. The Hall–Kier alpha value is -3.10. The summed E-state index contributed by atoms with van der Waals surface area (Å²) in [4.78, 5) is 28.1. The SMILES string of the molecule is C[C@@H](C(=O)NC(C)(C)C)N(Cc1ccccc1Cl)C(=O)CN(c1cccc2ccccc12)S(C)(=O)=O. The molecule has 0 heterocycles. The predicted octanol–water partition coefficient (Wildman–Crippen LogP) is 4.59. The highest BCUT2D eigenvalue weighted by molar-refractivity contribution is 7.92. The van der Waals surface area contributed by atoms with Crippen molar-refractivity contribution in [1.29, 1.82) is 0 Å². The molecule has 0 saturated carbocycles. The third-order valence-corrected chi connectivity index (χ3v) is 7.17. The molecule has 7 nitrogen and oxygen atoms in total. The van der Waals surface area contributed by atoms with Crippen LogP contribution in [0.2, 0.25) is 5.02 Å². The molecule has 36 heavy (non-hydrogen) atoms. The summed E-state index contributed by atoms with van der Waals surface area (Å²) in [6.45, 7) is 6.75. The fourth-order valence-electron chi connectivity index (χ4n) is 3.89. The Labute approximate surface area is 218 Å². The van der Waals surface area contributed by atoms with Gasteiger partial charge in [-0.15, -0.1) is 0 Å². The van der Waals surface area contributed by atoms with Gasteiger partial charge in [0.05, 0.1) is 11.9 Å². The number of halogens is 1. The van der Waals surface area contributed by atoms with Crippen molar-refractivity contribution in [3.8, 4) is 0 Å². The average molecular weight is 530 g/mol. The predicted molar refractivity (Wildman–Crippen MR) is 145 cm³/mol. The van der Waals surface area contributed by atoms with Gasteiger partial charge in [0.2, 0.25) is 21.8 Å². The van der Waals surface area contributed by atoms with Crippen molar-refractivity contribution in [2.75, 3.05) is 17.1 Å². The number of hydrogen-bond donors (Lipinski definition) is 1. The van der Waals surface area contributed by atoms with E-state index in [2.05, 4.69) is 5.32 Å². The number of amides is 2. The minimum absolute atomic E-state index is 0.0460. The molecule has 1 atom stereocenters. The molecule has 0 radical (unpaired) electrons. The highest BCUT2D eigenvalue weighted by atomic mass is 35.5. The largest absolute Gasteiger partial charge is 0.350 e. The molecule has 2 amide bonds. The Bertz CT molecular complexity index is 1360. The summed E-state index contributed by atoms with van der Waals surface area (Å²) in [7, 11) is -3.83. The molecule has 0 fully saturated rings. The molecule has 192 valence electrons. The molecule has 0 saturated heterocycles. The van der Waals surface area contributed by atoms with E-state index in [-0.39, 0.29) is 12.5 Å². The lowest BCUT2D eigenvalue weighted by Gasteiger charge is -2.33. The second kappa shape index (κ2) is 10.9. The van der Waals surface area contributed by atoms with Crippen LogP contribution < -0.4 is 9.62 Å². The minimum atomic E-state index is -3.83. The van der Waals surface area contributed by atoms with Gasteiger partial charge in [-0.25, -0.2) is 8.42 Å². The highest BCUT2D eigenvalue weighted by Gasteiger charge is 2.32. The van der Waals surface area contributed by atoms with E-state index in [4.69, 9.17) is 11.6 Å². The van der Waals surface area contributed by atoms with Crippen molar-refractivity contribution in [1.82, 2.24) is 10.2 Å². The zero-order chi connectivity index (χ0) is 26.7. The first kappa shape index (κ1) is 27.5. The van der Waals surface area contributed by atoms with Crippen LogP contribution in [0, 0.1) is 0 Å². The molecular formula is C27H32ClN3O4S. The van der Waals surface area contributed by atoms with E-state index >= 15 is 0 Å². The summed E-state index contributed by atoms with van der Waals surface area (Å²) < 4.78 is 26.9. The molecule has 0 bridgehead atoms. The monoisotopic (exact) mass is 529 g/mol. The van der Waals surface area contributed by atoms with Crippen molar-refractivity contribution in [2.45, 2.75) is 45.8 Å². The second-order valence-electron chi connectivity index (χ2n) is 9.80. The van der Waals surface area contributed by atoms with Gasteiger partial charge in [-0.1, -0.05) is 66.2 Å². The number of nitrogens with zero attached hydrogens (tertiary/aromatic N) is 2. The van der Waals surface area contributed by atoms with Crippen LogP contribution in [-0.4, -0.2) is 49.5 Å². The summed E-state index contributed by atoms with van der Waals surface area (Å²) in [6.07, 6.45) is 1.07. The summed E-state index contributed by atoms with van der Waals surface area (Å²) in [5.41, 5.74) is 0.541. The summed E-state index contributed by atoms with van der Waals surface area (Å²) in [5, 5.41) is 4.90. The number of carbonyl (C=O) groups excluding carboxylic acids is 2. The first-order chi connectivity index (χ1) is 16.8. The van der Waals surface area contributed by atoms with Crippen molar-refractivity contribution < 1.29 is 18.0 Å². The van der Waals surface area contributed by atoms with Crippen LogP contribution in [0.1, 0.15) is 33.3 Å². The second-order valence-corrected chi connectivity index (χ2v) is 12.1. The molecule has 3 aromatic rings. The van der Waals surface area contributed by atoms with Crippen LogP contribution in [0.4, 0.5) is 5.69 Å². The van der Waals surface area contributed by atoms with E-state index in [0.29, 0.717) is 21.7 Å². The van der Waals surface area contributed by atoms with Crippen LogP contribution >= 0.6 is 11.6 Å². The molecule has 3 aromatic carbocycles. The van der Waals surface area contributed by atoms with E-state index < -0.39 is 34.1 Å². The number of rotatable bonds is 8. The highest BCUT2D eigenvalue weighted by Crippen LogP contribution is 2.29. The number of sulfonamides is 1. The molecule has 1 N–H and O–H groups in total. The van der Waals surface area contributed by atoms with Crippen LogP contribution in [-0.2, 0) is 26.2 Å². The Morgan fingerprint density at radius 2 is 1.58 bits per heavy atom. The molecule has 0 unspecified atom stereocenters. The normalized spacial score (nSPS) is 12.7. The lowest BCUT2D eigenvalue weighted by molar-refractivity contribution is -0.140. The zero-order valence-corrected chi connectivity index (χ0v) is 22.7. The number of carbonyl (C=O) groups is 2. The third kappa shape index (κ3) is 6.77. The van der Waals surface area contributed by atoms with E-state index in [1.54, 1.807) is 43.3 Å². The van der Waals surface area contributed by atoms with E-state index in [0.717, 1.165) is 15.9 Å². The Kier molecular flexibility index (Phi) is 8.31. The van der Waals surface area contributed by atoms with Crippen LogP contribution in [0.5, 0.6) is 0 Å². The Morgan fingerprint density at radius 1 is 0.972 bits per heavy atom. The fourth-order valence-corrected chi connectivity index (χ4v) is 4.94. The summed E-state index contributed by atoms with van der Waals surface area (Å²) >= 11 is 6.36. The fraction of sp³-hybridized carbons (Fsp3) is 0.333. The molecule has 0 aliphatic rings. The lowest BCUT2D eigenvalue weighted by atomic mass is 10.1. The number of anilines is 1. The maximum absolute atomic E-state index is 13.7. The maximum Gasteiger partial charge on any atom is 0.244 e. The summed E-state index contributed by atoms with van der Waals surface area (Å²) in [6, 6.07) is 18.9. The first-order valence-corrected chi connectivity index (χ1v) is 13.8. The van der Waals surface area contributed by atoms with Gasteiger partial charge in [-0.3, -0.25) is 13.9 Å². The molecule has 3 rings (SSSR count). The van der Waals surface area contributed by atoms with Crippen LogP contribution in [0.3, 0.4) is 0 Å². The number of fused-ring (bicyclic) bond motifs is 1. The van der Waals surface area contributed by atoms with Gasteiger partial charge in [-0.05, 0) is 50.8 Å². The number of nitrogens with one attached hydrogen (secondary N) is 1. The van der Waals surface area contributed by atoms with Gasteiger partial charge in [0, 0.05) is 22.5 Å². The molecule has 0 aliphatic carbocycles. The first-order valence-electron chi connectivity index (χ1n) is 11.6. The van der Waals surface area contributed by atoms with E-state index in [1.807, 2.05) is 51.1 Å². The molecular weight excluding hydrogens is 498 g/mol. The zero-order valence-electron chi connectivity index (χ0n) is 21.2. The van der Waals surface area contributed by atoms with Gasteiger partial charge in [0.1, 0.15) is 12.6 Å². The van der Waals surface area contributed by atoms with Crippen molar-refractivity contribution in [3.05, 3.63) is 77.3 Å². The van der Waals surface area contributed by atoms with Gasteiger partial charge in [0.15, 0.2) is 0 Å². The number of benzene rings is 3. The third-order valence-electron chi connectivity index (χ3n) is 5.68. The summed E-state index contributed by atoms with van der Waals surface area (Å²) in [5.74, 6) is -0.871.